The molecule has 92 valence electrons. The summed E-state index contributed by atoms with van der Waals surface area (Å²) in [4.78, 5) is 32.6. The van der Waals surface area contributed by atoms with Gasteiger partial charge in [0.05, 0.1) is 5.56 Å². The van der Waals surface area contributed by atoms with Crippen LogP contribution in [0.15, 0.2) is 27.6 Å². The Morgan fingerprint density at radius 3 is 2.71 bits per heavy atom. The van der Waals surface area contributed by atoms with Crippen molar-refractivity contribution < 1.29 is 19.1 Å². The third-order valence-corrected chi connectivity index (χ3v) is 2.10. The molecule has 1 rings (SSSR count). The quantitative estimate of drug-likeness (QED) is 0.779. The van der Waals surface area contributed by atoms with Gasteiger partial charge in [-0.25, -0.2) is 4.79 Å². The summed E-state index contributed by atoms with van der Waals surface area (Å²) in [5, 5.41) is 11.1. The number of carbonyl (C=O) groups excluding carboxylic acids is 1. The van der Waals surface area contributed by atoms with Crippen LogP contribution < -0.4 is 10.9 Å². The topological polar surface area (TPSA) is 96.6 Å². The minimum atomic E-state index is -0.905. The highest BCUT2D eigenvalue weighted by Gasteiger charge is 2.11. The Labute approximate surface area is 97.3 Å². The first-order valence-corrected chi connectivity index (χ1v) is 5.08. The average Bonchev–Trinajstić information content (AvgIpc) is 2.26. The Kier molecular flexibility index (Phi) is 4.45. The van der Waals surface area contributed by atoms with Crippen molar-refractivity contribution in [2.24, 2.45) is 5.92 Å². The fourth-order valence-electron chi connectivity index (χ4n) is 1.23. The third-order valence-electron chi connectivity index (χ3n) is 2.10. The van der Waals surface area contributed by atoms with Gasteiger partial charge >= 0.3 is 11.6 Å². The first kappa shape index (κ1) is 13.0. The zero-order chi connectivity index (χ0) is 12.8. The van der Waals surface area contributed by atoms with Crippen molar-refractivity contribution in [1.29, 1.82) is 0 Å². The Morgan fingerprint density at radius 1 is 1.47 bits per heavy atom. The molecular weight excluding hydrogens is 226 g/mol. The molecule has 6 heteroatoms. The zero-order valence-corrected chi connectivity index (χ0v) is 9.30. The van der Waals surface area contributed by atoms with Gasteiger partial charge in [-0.05, 0) is 12.0 Å². The van der Waals surface area contributed by atoms with Crippen LogP contribution in [-0.4, -0.2) is 23.5 Å². The van der Waals surface area contributed by atoms with Gasteiger partial charge in [0.1, 0.15) is 6.26 Å². The normalized spacial score (nSPS) is 11.8. The molecule has 17 heavy (non-hydrogen) atoms. The molecule has 0 aliphatic heterocycles. The van der Waals surface area contributed by atoms with Crippen LogP contribution in [0.1, 0.15) is 23.7 Å². The smallest absolute Gasteiger partial charge is 0.335 e. The van der Waals surface area contributed by atoms with Crippen molar-refractivity contribution in [3.05, 3.63) is 34.4 Å². The maximum absolute atomic E-state index is 11.5. The molecule has 0 bridgehead atoms. The van der Waals surface area contributed by atoms with E-state index < -0.39 is 17.5 Å². The zero-order valence-electron chi connectivity index (χ0n) is 9.30. The van der Waals surface area contributed by atoms with Gasteiger partial charge in [0.15, 0.2) is 0 Å². The number of hydrogen-bond donors (Lipinski definition) is 2. The van der Waals surface area contributed by atoms with E-state index in [1.165, 1.54) is 6.07 Å². The Balaban J connectivity index is 2.47. The number of nitrogens with one attached hydrogen (secondary N) is 1. The molecule has 0 aliphatic rings. The Hall–Kier alpha value is -2.11. The van der Waals surface area contributed by atoms with Crippen LogP contribution in [0.2, 0.25) is 0 Å². The molecule has 0 saturated carbocycles. The number of carboxylic acids is 1. The van der Waals surface area contributed by atoms with E-state index in [9.17, 15) is 14.4 Å². The highest BCUT2D eigenvalue weighted by atomic mass is 16.4. The van der Waals surface area contributed by atoms with E-state index in [-0.39, 0.29) is 24.4 Å². The monoisotopic (exact) mass is 239 g/mol. The van der Waals surface area contributed by atoms with Gasteiger partial charge in [-0.15, -0.1) is 0 Å². The molecule has 0 aromatic carbocycles. The minimum absolute atomic E-state index is 0.00977. The van der Waals surface area contributed by atoms with E-state index in [0.29, 0.717) is 0 Å². The molecule has 0 fully saturated rings. The lowest BCUT2D eigenvalue weighted by Crippen LogP contribution is -2.29. The van der Waals surface area contributed by atoms with Crippen molar-refractivity contribution in [3.8, 4) is 0 Å². The highest BCUT2D eigenvalue weighted by Crippen LogP contribution is 2.01. The number of rotatable bonds is 5. The molecule has 1 atom stereocenters. The summed E-state index contributed by atoms with van der Waals surface area (Å²) in [5.74, 6) is -1.46. The molecule has 1 aromatic rings. The highest BCUT2D eigenvalue weighted by molar-refractivity contribution is 5.93. The summed E-state index contributed by atoms with van der Waals surface area (Å²) in [5.41, 5.74) is -0.298. The lowest BCUT2D eigenvalue weighted by Gasteiger charge is -2.09. The van der Waals surface area contributed by atoms with Crippen molar-refractivity contribution in [3.63, 3.8) is 0 Å². The second kappa shape index (κ2) is 5.83. The molecule has 2 N–H and O–H groups in total. The van der Waals surface area contributed by atoms with Gasteiger partial charge in [-0.3, -0.25) is 9.59 Å². The minimum Gasteiger partial charge on any atom is -0.481 e. The molecule has 1 unspecified atom stereocenters. The summed E-state index contributed by atoms with van der Waals surface area (Å²) >= 11 is 0. The molecule has 0 spiro atoms. The summed E-state index contributed by atoms with van der Waals surface area (Å²) in [7, 11) is 0. The second-order valence-electron chi connectivity index (χ2n) is 3.76. The lowest BCUT2D eigenvalue weighted by molar-refractivity contribution is -0.137. The van der Waals surface area contributed by atoms with Crippen molar-refractivity contribution >= 4 is 11.9 Å². The maximum atomic E-state index is 11.5. The maximum Gasteiger partial charge on any atom is 0.335 e. The number of hydrogen-bond acceptors (Lipinski definition) is 4. The van der Waals surface area contributed by atoms with Gasteiger partial charge < -0.3 is 14.8 Å². The third kappa shape index (κ3) is 4.50. The van der Waals surface area contributed by atoms with Gasteiger partial charge in [0.25, 0.3) is 5.91 Å². The average molecular weight is 239 g/mol. The van der Waals surface area contributed by atoms with Crippen LogP contribution in [0.4, 0.5) is 0 Å². The fourth-order valence-corrected chi connectivity index (χ4v) is 1.23. The van der Waals surface area contributed by atoms with Gasteiger partial charge in [-0.2, -0.15) is 0 Å². The van der Waals surface area contributed by atoms with Crippen LogP contribution in [0.3, 0.4) is 0 Å². The predicted octanol–water partition coefficient (Wildman–Crippen LogP) is 0.480. The van der Waals surface area contributed by atoms with E-state index in [1.54, 1.807) is 6.92 Å². The van der Waals surface area contributed by atoms with Crippen molar-refractivity contribution in [2.45, 2.75) is 13.3 Å². The predicted molar refractivity (Wildman–Crippen MR) is 58.7 cm³/mol. The van der Waals surface area contributed by atoms with E-state index in [0.717, 1.165) is 12.3 Å². The number of aliphatic carboxylic acids is 1. The van der Waals surface area contributed by atoms with Crippen molar-refractivity contribution in [2.75, 3.05) is 6.54 Å². The van der Waals surface area contributed by atoms with Crippen LogP contribution in [0.5, 0.6) is 0 Å². The number of carboxylic acid groups (broad SMARTS) is 1. The van der Waals surface area contributed by atoms with E-state index in [2.05, 4.69) is 9.73 Å². The van der Waals surface area contributed by atoms with Crippen LogP contribution >= 0.6 is 0 Å². The van der Waals surface area contributed by atoms with Gasteiger partial charge in [-0.1, -0.05) is 6.92 Å². The first-order valence-electron chi connectivity index (χ1n) is 5.08. The molecule has 0 aliphatic carbocycles. The van der Waals surface area contributed by atoms with Gasteiger partial charge in [0.2, 0.25) is 0 Å². The molecule has 6 nitrogen and oxygen atoms in total. The molecule has 0 radical (unpaired) electrons. The van der Waals surface area contributed by atoms with Crippen LogP contribution in [0, 0.1) is 5.92 Å². The fraction of sp³-hybridized carbons (Fsp3) is 0.364. The van der Waals surface area contributed by atoms with E-state index in [4.69, 9.17) is 5.11 Å². The summed E-state index contributed by atoms with van der Waals surface area (Å²) in [6.07, 6.45) is 1.06. The SMILES string of the molecule is CC(CNC(=O)c1ccc(=O)oc1)CC(=O)O. The van der Waals surface area contributed by atoms with Crippen molar-refractivity contribution in [1.82, 2.24) is 5.32 Å². The summed E-state index contributed by atoms with van der Waals surface area (Å²) in [6, 6.07) is 2.50. The molecule has 0 saturated heterocycles. The summed E-state index contributed by atoms with van der Waals surface area (Å²) < 4.78 is 4.54. The lowest BCUT2D eigenvalue weighted by atomic mass is 10.1. The first-order chi connectivity index (χ1) is 7.99. The number of amides is 1. The Morgan fingerprint density at radius 2 is 2.18 bits per heavy atom. The number of carbonyl (C=O) groups is 2. The second-order valence-corrected chi connectivity index (χ2v) is 3.76. The van der Waals surface area contributed by atoms with Crippen LogP contribution in [0.25, 0.3) is 0 Å². The molecular formula is C11H13NO5. The van der Waals surface area contributed by atoms with Gasteiger partial charge in [0, 0.05) is 19.0 Å². The van der Waals surface area contributed by atoms with Crippen LogP contribution in [-0.2, 0) is 4.79 Å². The van der Waals surface area contributed by atoms with E-state index in [1.807, 2.05) is 0 Å². The van der Waals surface area contributed by atoms with E-state index >= 15 is 0 Å². The Bertz CT molecular complexity index is 445. The largest absolute Gasteiger partial charge is 0.481 e. The molecule has 1 amide bonds. The molecule has 1 aromatic heterocycles. The standard InChI is InChI=1S/C11H13NO5/c1-7(4-9(13)14)5-12-11(16)8-2-3-10(15)17-6-8/h2-3,6-7H,4-5H2,1H3,(H,12,16)(H,13,14). The summed E-state index contributed by atoms with van der Waals surface area (Å²) in [6.45, 7) is 1.98. The molecule has 1 heterocycles.